The molecule has 0 aromatic carbocycles. The van der Waals surface area contributed by atoms with E-state index in [1.54, 1.807) is 0 Å². The number of ether oxygens (including phenoxy) is 1. The first-order chi connectivity index (χ1) is 8.28. The summed E-state index contributed by atoms with van der Waals surface area (Å²) in [5, 5.41) is 2.74. The zero-order valence-electron chi connectivity index (χ0n) is 12.8. The minimum Gasteiger partial charge on any atom is -0.444 e. The molecule has 0 radical (unpaired) electrons. The monoisotopic (exact) mass is 255 g/mol. The highest BCUT2D eigenvalue weighted by Crippen LogP contribution is 2.17. The third kappa shape index (κ3) is 9.08. The summed E-state index contributed by atoms with van der Waals surface area (Å²) in [6.45, 7) is 12.7. The highest BCUT2D eigenvalue weighted by Gasteiger charge is 2.15. The van der Waals surface area contributed by atoms with Gasteiger partial charge in [-0.15, -0.1) is 0 Å². The molecule has 1 N–H and O–H groups in total. The van der Waals surface area contributed by atoms with Crippen LogP contribution in [0.25, 0.3) is 0 Å². The standard InChI is InChI=1S/C15H29NO2/c1-7-13(8-2)11-12(3)9-10-16-14(17)18-15(4,5)6/h9,13H,7-8,10-11H2,1-6H3,(H,16,17)/b12-9-. The predicted octanol–water partition coefficient (Wildman–Crippen LogP) is 4.28. The van der Waals surface area contributed by atoms with E-state index in [9.17, 15) is 4.79 Å². The maximum absolute atomic E-state index is 11.4. The molecule has 0 rings (SSSR count). The van der Waals surface area contributed by atoms with Crippen LogP contribution in [0.1, 0.15) is 60.8 Å². The van der Waals surface area contributed by atoms with Gasteiger partial charge in [-0.05, 0) is 40.0 Å². The van der Waals surface area contributed by atoms with Crippen molar-refractivity contribution >= 4 is 6.09 Å². The fraction of sp³-hybridized carbons (Fsp3) is 0.800. The number of rotatable bonds is 6. The Kier molecular flexibility index (Phi) is 7.72. The van der Waals surface area contributed by atoms with Crippen molar-refractivity contribution in [3.8, 4) is 0 Å². The number of allylic oxidation sites excluding steroid dienone is 1. The average Bonchev–Trinajstić information content (AvgIpc) is 2.23. The van der Waals surface area contributed by atoms with Crippen LogP contribution >= 0.6 is 0 Å². The van der Waals surface area contributed by atoms with Gasteiger partial charge in [0, 0.05) is 6.54 Å². The zero-order valence-corrected chi connectivity index (χ0v) is 12.8. The third-order valence-electron chi connectivity index (χ3n) is 2.86. The van der Waals surface area contributed by atoms with Gasteiger partial charge in [0.1, 0.15) is 5.60 Å². The summed E-state index contributed by atoms with van der Waals surface area (Å²) >= 11 is 0. The second kappa shape index (κ2) is 8.17. The molecule has 18 heavy (non-hydrogen) atoms. The van der Waals surface area contributed by atoms with Crippen molar-refractivity contribution < 1.29 is 9.53 Å². The molecule has 0 aliphatic heterocycles. The zero-order chi connectivity index (χ0) is 14.2. The predicted molar refractivity (Wildman–Crippen MR) is 76.7 cm³/mol. The summed E-state index contributed by atoms with van der Waals surface area (Å²) in [7, 11) is 0. The molecule has 106 valence electrons. The van der Waals surface area contributed by atoms with E-state index < -0.39 is 5.60 Å². The van der Waals surface area contributed by atoms with Crippen LogP contribution < -0.4 is 5.32 Å². The largest absolute Gasteiger partial charge is 0.444 e. The molecule has 1 amide bonds. The molecule has 0 aliphatic rings. The van der Waals surface area contributed by atoms with Crippen LogP contribution in [-0.4, -0.2) is 18.2 Å². The van der Waals surface area contributed by atoms with Crippen LogP contribution in [0, 0.1) is 5.92 Å². The maximum atomic E-state index is 11.4. The van der Waals surface area contributed by atoms with Gasteiger partial charge in [0.25, 0.3) is 0 Å². The molecule has 0 saturated carbocycles. The number of carbonyl (C=O) groups excluding carboxylic acids is 1. The van der Waals surface area contributed by atoms with Crippen LogP contribution in [0.4, 0.5) is 4.79 Å². The molecule has 0 aromatic rings. The summed E-state index contributed by atoms with van der Waals surface area (Å²) in [6.07, 6.45) is 5.25. The molecule has 0 bridgehead atoms. The highest BCUT2D eigenvalue weighted by molar-refractivity contribution is 5.67. The van der Waals surface area contributed by atoms with Gasteiger partial charge in [-0.25, -0.2) is 4.79 Å². The first kappa shape index (κ1) is 17.0. The van der Waals surface area contributed by atoms with Gasteiger partial charge in [0.2, 0.25) is 0 Å². The van der Waals surface area contributed by atoms with Crippen LogP contribution in [0.3, 0.4) is 0 Å². The second-order valence-corrected chi connectivity index (χ2v) is 5.82. The molecule has 0 saturated heterocycles. The van der Waals surface area contributed by atoms with Gasteiger partial charge in [0.15, 0.2) is 0 Å². The summed E-state index contributed by atoms with van der Waals surface area (Å²) in [4.78, 5) is 11.4. The Morgan fingerprint density at radius 1 is 1.28 bits per heavy atom. The van der Waals surface area contributed by atoms with E-state index in [2.05, 4.69) is 32.2 Å². The summed E-state index contributed by atoms with van der Waals surface area (Å²) in [6, 6.07) is 0. The minimum atomic E-state index is -0.432. The molecule has 3 heteroatoms. The van der Waals surface area contributed by atoms with Crippen molar-refractivity contribution in [3.05, 3.63) is 11.6 Å². The van der Waals surface area contributed by atoms with E-state index in [1.165, 1.54) is 18.4 Å². The number of amides is 1. The Balaban J connectivity index is 3.97. The number of hydrogen-bond donors (Lipinski definition) is 1. The van der Waals surface area contributed by atoms with Crippen molar-refractivity contribution in [2.45, 2.75) is 66.4 Å². The summed E-state index contributed by atoms with van der Waals surface area (Å²) < 4.78 is 5.16. The molecule has 0 heterocycles. The molecule has 0 aliphatic carbocycles. The lowest BCUT2D eigenvalue weighted by Crippen LogP contribution is -2.32. The van der Waals surface area contributed by atoms with E-state index in [0.29, 0.717) is 6.54 Å². The number of nitrogens with one attached hydrogen (secondary N) is 1. The smallest absolute Gasteiger partial charge is 0.407 e. The SMILES string of the molecule is CCC(CC)C/C(C)=C\CNC(=O)OC(C)(C)C. The molecule has 3 nitrogen and oxygen atoms in total. The van der Waals surface area contributed by atoms with Crippen molar-refractivity contribution in [3.63, 3.8) is 0 Å². The number of alkyl carbamates (subject to hydrolysis) is 1. The number of hydrogen-bond acceptors (Lipinski definition) is 2. The van der Waals surface area contributed by atoms with E-state index in [-0.39, 0.29) is 6.09 Å². The Labute approximate surface area is 112 Å². The maximum Gasteiger partial charge on any atom is 0.407 e. The summed E-state index contributed by atoms with van der Waals surface area (Å²) in [5.41, 5.74) is 0.901. The van der Waals surface area contributed by atoms with Gasteiger partial charge >= 0.3 is 6.09 Å². The molecule has 0 atom stereocenters. The van der Waals surface area contributed by atoms with Crippen LogP contribution in [0.5, 0.6) is 0 Å². The van der Waals surface area contributed by atoms with Crippen molar-refractivity contribution in [1.82, 2.24) is 5.32 Å². The van der Waals surface area contributed by atoms with Crippen molar-refractivity contribution in [2.24, 2.45) is 5.92 Å². The van der Waals surface area contributed by atoms with Crippen molar-refractivity contribution in [2.75, 3.05) is 6.54 Å². The van der Waals surface area contributed by atoms with Gasteiger partial charge in [-0.1, -0.05) is 38.3 Å². The van der Waals surface area contributed by atoms with E-state index in [4.69, 9.17) is 4.74 Å². The lowest BCUT2D eigenvalue weighted by atomic mass is 9.95. The van der Waals surface area contributed by atoms with E-state index >= 15 is 0 Å². The van der Waals surface area contributed by atoms with E-state index in [0.717, 1.165) is 12.3 Å². The van der Waals surface area contributed by atoms with Crippen LogP contribution in [0.15, 0.2) is 11.6 Å². The molecular weight excluding hydrogens is 226 g/mol. The lowest BCUT2D eigenvalue weighted by Gasteiger charge is -2.19. The topological polar surface area (TPSA) is 38.3 Å². The molecule has 0 fully saturated rings. The highest BCUT2D eigenvalue weighted by atomic mass is 16.6. The number of carbonyl (C=O) groups is 1. The molecule has 0 spiro atoms. The Bertz CT molecular complexity index is 273. The Morgan fingerprint density at radius 2 is 1.83 bits per heavy atom. The first-order valence-electron chi connectivity index (χ1n) is 6.91. The van der Waals surface area contributed by atoms with Crippen molar-refractivity contribution in [1.29, 1.82) is 0 Å². The lowest BCUT2D eigenvalue weighted by molar-refractivity contribution is 0.0534. The van der Waals surface area contributed by atoms with Crippen LogP contribution in [-0.2, 0) is 4.74 Å². The van der Waals surface area contributed by atoms with Gasteiger partial charge in [-0.2, -0.15) is 0 Å². The quantitative estimate of drug-likeness (QED) is 0.719. The van der Waals surface area contributed by atoms with Gasteiger partial charge < -0.3 is 10.1 Å². The normalized spacial score (nSPS) is 12.7. The van der Waals surface area contributed by atoms with E-state index in [1.807, 2.05) is 20.8 Å². The fourth-order valence-corrected chi connectivity index (χ4v) is 1.74. The molecule has 0 unspecified atom stereocenters. The fourth-order valence-electron chi connectivity index (χ4n) is 1.74. The molecule has 0 aromatic heterocycles. The minimum absolute atomic E-state index is 0.353. The molecular formula is C15H29NO2. The Hall–Kier alpha value is -0.990. The second-order valence-electron chi connectivity index (χ2n) is 5.82. The Morgan fingerprint density at radius 3 is 2.28 bits per heavy atom. The van der Waals surface area contributed by atoms with Gasteiger partial charge in [-0.3, -0.25) is 0 Å². The average molecular weight is 255 g/mol. The first-order valence-corrected chi connectivity index (χ1v) is 6.91. The van der Waals surface area contributed by atoms with Gasteiger partial charge in [0.05, 0.1) is 0 Å². The van der Waals surface area contributed by atoms with Crippen LogP contribution in [0.2, 0.25) is 0 Å². The summed E-state index contributed by atoms with van der Waals surface area (Å²) in [5.74, 6) is 0.753. The third-order valence-corrected chi connectivity index (χ3v) is 2.86.